The second-order valence-corrected chi connectivity index (χ2v) is 6.00. The molecule has 7 heteroatoms. The van der Waals surface area contributed by atoms with Crippen molar-refractivity contribution in [3.8, 4) is 0 Å². The molecule has 134 valence electrons. The molecular weight excluding hydrogens is 337 g/mol. The molecule has 0 saturated carbocycles. The van der Waals surface area contributed by atoms with Gasteiger partial charge in [-0.15, -0.1) is 0 Å². The Balaban J connectivity index is 1.86. The van der Waals surface area contributed by atoms with Crippen LogP contribution in [0.2, 0.25) is 0 Å². The fourth-order valence-electron chi connectivity index (χ4n) is 2.93. The zero-order valence-electron chi connectivity index (χ0n) is 14.2. The van der Waals surface area contributed by atoms with Crippen molar-refractivity contribution in [1.29, 1.82) is 0 Å². The second-order valence-electron chi connectivity index (χ2n) is 6.00. The Kier molecular flexibility index (Phi) is 4.97. The number of amides is 3. The Morgan fingerprint density at radius 2 is 1.77 bits per heavy atom. The summed E-state index contributed by atoms with van der Waals surface area (Å²) in [5.41, 5.74) is 1.54. The lowest BCUT2D eigenvalue weighted by molar-refractivity contribution is -0.128. The first-order valence-electron chi connectivity index (χ1n) is 8.17. The summed E-state index contributed by atoms with van der Waals surface area (Å²) in [5, 5.41) is 5.37. The normalized spacial score (nSPS) is 16.8. The van der Waals surface area contributed by atoms with Gasteiger partial charge in [-0.05, 0) is 42.0 Å². The monoisotopic (exact) mass is 355 g/mol. The lowest BCUT2D eigenvalue weighted by Gasteiger charge is -2.35. The molecule has 1 atom stereocenters. The van der Waals surface area contributed by atoms with Gasteiger partial charge >= 0.3 is 0 Å². The molecule has 26 heavy (non-hydrogen) atoms. The maximum atomic E-state index is 13.2. The summed E-state index contributed by atoms with van der Waals surface area (Å²) < 4.78 is 13.2. The van der Waals surface area contributed by atoms with Crippen molar-refractivity contribution in [2.24, 2.45) is 0 Å². The highest BCUT2D eigenvalue weighted by Gasteiger charge is 2.34. The van der Waals surface area contributed by atoms with Crippen LogP contribution in [0, 0.1) is 5.82 Å². The van der Waals surface area contributed by atoms with E-state index >= 15 is 0 Å². The van der Waals surface area contributed by atoms with Gasteiger partial charge in [-0.1, -0.05) is 12.1 Å². The molecule has 6 nitrogen and oxygen atoms in total. The fourth-order valence-corrected chi connectivity index (χ4v) is 2.93. The predicted octanol–water partition coefficient (Wildman–Crippen LogP) is 2.10. The molecule has 0 aliphatic carbocycles. The number of piperazine rings is 1. The zero-order valence-corrected chi connectivity index (χ0v) is 14.2. The van der Waals surface area contributed by atoms with E-state index in [-0.39, 0.29) is 17.7 Å². The van der Waals surface area contributed by atoms with Crippen molar-refractivity contribution >= 4 is 23.4 Å². The maximum Gasteiger partial charge on any atom is 0.254 e. The smallest absolute Gasteiger partial charge is 0.254 e. The Morgan fingerprint density at radius 3 is 2.38 bits per heavy atom. The van der Waals surface area contributed by atoms with Gasteiger partial charge in [0.25, 0.3) is 5.91 Å². The fraction of sp³-hybridized carbons (Fsp3) is 0.211. The van der Waals surface area contributed by atoms with E-state index in [0.717, 1.165) is 0 Å². The van der Waals surface area contributed by atoms with Crippen molar-refractivity contribution in [1.82, 2.24) is 10.2 Å². The van der Waals surface area contributed by atoms with E-state index in [1.54, 1.807) is 24.3 Å². The number of nitrogens with one attached hydrogen (secondary N) is 2. The van der Waals surface area contributed by atoms with Gasteiger partial charge in [0.05, 0.1) is 0 Å². The van der Waals surface area contributed by atoms with Crippen LogP contribution >= 0.6 is 0 Å². The average Bonchev–Trinajstić information content (AvgIpc) is 2.62. The predicted molar refractivity (Wildman–Crippen MR) is 93.9 cm³/mol. The number of carbonyl (C=O) groups is 3. The minimum absolute atomic E-state index is 0.201. The number of anilines is 1. The number of carbonyl (C=O) groups excluding carboxylic acids is 3. The highest BCUT2D eigenvalue weighted by molar-refractivity contribution is 5.99. The standard InChI is InChI=1S/C19H18FN3O3/c1-12(24)22-16-8-4-14(5-9-16)19(26)23-11-10-21-18(25)17(23)13-2-6-15(20)7-3-13/h2-9,17H,10-11H2,1H3,(H,21,25)(H,22,24). The van der Waals surface area contributed by atoms with Crippen LogP contribution in [0.5, 0.6) is 0 Å². The van der Waals surface area contributed by atoms with Gasteiger partial charge in [-0.2, -0.15) is 0 Å². The van der Waals surface area contributed by atoms with Gasteiger partial charge in [-0.25, -0.2) is 4.39 Å². The first-order chi connectivity index (χ1) is 12.5. The topological polar surface area (TPSA) is 78.5 Å². The number of benzene rings is 2. The summed E-state index contributed by atoms with van der Waals surface area (Å²) in [4.78, 5) is 37.8. The molecule has 1 unspecified atom stereocenters. The maximum absolute atomic E-state index is 13.2. The van der Waals surface area contributed by atoms with Gasteiger partial charge in [0.1, 0.15) is 11.9 Å². The van der Waals surface area contributed by atoms with Gasteiger partial charge in [0.15, 0.2) is 0 Å². The molecule has 2 aromatic carbocycles. The second kappa shape index (κ2) is 7.35. The molecule has 0 radical (unpaired) electrons. The van der Waals surface area contributed by atoms with Crippen molar-refractivity contribution in [2.75, 3.05) is 18.4 Å². The van der Waals surface area contributed by atoms with Crippen molar-refractivity contribution in [3.05, 3.63) is 65.5 Å². The van der Waals surface area contributed by atoms with E-state index in [4.69, 9.17) is 0 Å². The van der Waals surface area contributed by atoms with Crippen molar-refractivity contribution < 1.29 is 18.8 Å². The molecule has 1 fully saturated rings. The third-order valence-corrected chi connectivity index (χ3v) is 4.11. The molecule has 3 rings (SSSR count). The van der Waals surface area contributed by atoms with Gasteiger partial charge in [0, 0.05) is 31.3 Å². The number of hydrogen-bond acceptors (Lipinski definition) is 3. The molecular formula is C19H18FN3O3. The molecule has 0 spiro atoms. The first-order valence-corrected chi connectivity index (χ1v) is 8.17. The quantitative estimate of drug-likeness (QED) is 0.885. The molecule has 1 aliphatic rings. The molecule has 0 bridgehead atoms. The van der Waals surface area contributed by atoms with E-state index in [1.807, 2.05) is 0 Å². The Bertz CT molecular complexity index is 834. The SMILES string of the molecule is CC(=O)Nc1ccc(C(=O)N2CCNC(=O)C2c2ccc(F)cc2)cc1. The largest absolute Gasteiger partial charge is 0.352 e. The third kappa shape index (κ3) is 3.72. The van der Waals surface area contributed by atoms with Crippen molar-refractivity contribution in [3.63, 3.8) is 0 Å². The average molecular weight is 355 g/mol. The Hall–Kier alpha value is -3.22. The molecule has 2 aromatic rings. The summed E-state index contributed by atoms with van der Waals surface area (Å²) in [6.07, 6.45) is 0. The molecule has 0 aromatic heterocycles. The Labute approximate surface area is 150 Å². The molecule has 1 aliphatic heterocycles. The van der Waals surface area contributed by atoms with Gasteiger partial charge in [-0.3, -0.25) is 14.4 Å². The van der Waals surface area contributed by atoms with Crippen LogP contribution in [0.25, 0.3) is 0 Å². The van der Waals surface area contributed by atoms with Crippen LogP contribution in [-0.2, 0) is 9.59 Å². The molecule has 2 N–H and O–H groups in total. The van der Waals surface area contributed by atoms with E-state index in [0.29, 0.717) is 29.9 Å². The lowest BCUT2D eigenvalue weighted by atomic mass is 10.0. The molecule has 1 heterocycles. The van der Waals surface area contributed by atoms with E-state index in [9.17, 15) is 18.8 Å². The zero-order chi connectivity index (χ0) is 18.7. The first kappa shape index (κ1) is 17.6. The lowest BCUT2D eigenvalue weighted by Crippen LogP contribution is -2.52. The van der Waals surface area contributed by atoms with Crippen LogP contribution in [-0.4, -0.2) is 35.7 Å². The van der Waals surface area contributed by atoms with Crippen LogP contribution < -0.4 is 10.6 Å². The van der Waals surface area contributed by atoms with E-state index in [1.165, 1.54) is 36.1 Å². The molecule has 1 saturated heterocycles. The summed E-state index contributed by atoms with van der Waals surface area (Å²) in [5.74, 6) is -1.21. The number of rotatable bonds is 3. The van der Waals surface area contributed by atoms with Gasteiger partial charge < -0.3 is 15.5 Å². The van der Waals surface area contributed by atoms with Crippen LogP contribution in [0.15, 0.2) is 48.5 Å². The highest BCUT2D eigenvalue weighted by atomic mass is 19.1. The van der Waals surface area contributed by atoms with Crippen LogP contribution in [0.4, 0.5) is 10.1 Å². The summed E-state index contributed by atoms with van der Waals surface area (Å²) in [7, 11) is 0. The van der Waals surface area contributed by atoms with E-state index < -0.39 is 11.9 Å². The minimum atomic E-state index is -0.813. The summed E-state index contributed by atoms with van der Waals surface area (Å²) in [6, 6.07) is 11.2. The van der Waals surface area contributed by atoms with Crippen LogP contribution in [0.1, 0.15) is 28.9 Å². The highest BCUT2D eigenvalue weighted by Crippen LogP contribution is 2.26. The van der Waals surface area contributed by atoms with Crippen LogP contribution in [0.3, 0.4) is 0 Å². The van der Waals surface area contributed by atoms with Gasteiger partial charge in [0.2, 0.25) is 11.8 Å². The minimum Gasteiger partial charge on any atom is -0.352 e. The Morgan fingerprint density at radius 1 is 1.12 bits per heavy atom. The summed E-state index contributed by atoms with van der Waals surface area (Å²) in [6.45, 7) is 2.10. The molecule has 3 amide bonds. The number of nitrogens with zero attached hydrogens (tertiary/aromatic N) is 1. The third-order valence-electron chi connectivity index (χ3n) is 4.11. The summed E-state index contributed by atoms with van der Waals surface area (Å²) >= 11 is 0. The van der Waals surface area contributed by atoms with Crippen molar-refractivity contribution in [2.45, 2.75) is 13.0 Å². The van der Waals surface area contributed by atoms with E-state index in [2.05, 4.69) is 10.6 Å². The number of hydrogen-bond donors (Lipinski definition) is 2. The number of halogens is 1.